The molecule has 0 bridgehead atoms. The first kappa shape index (κ1) is 20.5. The van der Waals surface area contributed by atoms with Gasteiger partial charge in [0.2, 0.25) is 5.91 Å². The molecular formula is C20H13F3N4O3S. The summed E-state index contributed by atoms with van der Waals surface area (Å²) in [5.41, 5.74) is 1.35. The van der Waals surface area contributed by atoms with Crippen LogP contribution in [0.2, 0.25) is 0 Å². The van der Waals surface area contributed by atoms with Crippen LogP contribution in [0.1, 0.15) is 11.3 Å². The molecule has 2 N–H and O–H groups in total. The van der Waals surface area contributed by atoms with E-state index in [0.29, 0.717) is 27.5 Å². The van der Waals surface area contributed by atoms with Gasteiger partial charge in [-0.05, 0) is 24.3 Å². The van der Waals surface area contributed by atoms with Gasteiger partial charge in [0.25, 0.3) is 0 Å². The Labute approximate surface area is 176 Å². The third-order valence-electron chi connectivity index (χ3n) is 4.21. The minimum absolute atomic E-state index is 0.0118. The van der Waals surface area contributed by atoms with Crippen LogP contribution in [0.15, 0.2) is 63.2 Å². The maximum atomic E-state index is 12.7. The third kappa shape index (κ3) is 4.89. The molecule has 4 aromatic rings. The Morgan fingerprint density at radius 2 is 1.90 bits per heavy atom. The molecule has 1 amide bonds. The van der Waals surface area contributed by atoms with E-state index in [1.54, 1.807) is 29.6 Å². The molecule has 0 aliphatic rings. The first-order valence-corrected chi connectivity index (χ1v) is 9.74. The fourth-order valence-electron chi connectivity index (χ4n) is 2.79. The van der Waals surface area contributed by atoms with Gasteiger partial charge in [-0.25, -0.2) is 9.78 Å². The number of nitrogens with one attached hydrogen (secondary N) is 2. The molecule has 4 rings (SSSR count). The fraction of sp³-hybridized carbons (Fsp3) is 0.100. The van der Waals surface area contributed by atoms with Crippen LogP contribution in [0, 0.1) is 0 Å². The Hall–Kier alpha value is -3.73. The van der Waals surface area contributed by atoms with E-state index < -0.39 is 17.5 Å². The van der Waals surface area contributed by atoms with Crippen molar-refractivity contribution in [3.63, 3.8) is 0 Å². The van der Waals surface area contributed by atoms with Crippen LogP contribution in [0.25, 0.3) is 22.0 Å². The van der Waals surface area contributed by atoms with Gasteiger partial charge < -0.3 is 5.32 Å². The molecule has 0 saturated heterocycles. The lowest BCUT2D eigenvalue weighted by Crippen LogP contribution is -2.14. The van der Waals surface area contributed by atoms with Crippen LogP contribution in [-0.4, -0.2) is 21.0 Å². The standard InChI is InChI=1S/C20H13F3N4O3S/c21-20(22,23)13-6-4-11(5-7-13)18-25-15(10-31-18)9-16(28)24-14-3-1-2-12(8-14)17-26-19(29)30-27-17/h1-8,10H,9H2,(H,24,28)(H,26,27,29). The second-order valence-corrected chi connectivity index (χ2v) is 7.33. The van der Waals surface area contributed by atoms with Crippen molar-refractivity contribution in [3.05, 3.63) is 75.7 Å². The highest BCUT2D eigenvalue weighted by molar-refractivity contribution is 7.13. The minimum Gasteiger partial charge on any atom is -0.326 e. The molecule has 0 aliphatic carbocycles. The lowest BCUT2D eigenvalue weighted by Gasteiger charge is -2.06. The number of carbonyl (C=O) groups excluding carboxylic acids is 1. The SMILES string of the molecule is O=C(Cc1csc(-c2ccc(C(F)(F)F)cc2)n1)Nc1cccc(-c2noc(=O)[nH]2)c1. The molecule has 158 valence electrons. The Balaban J connectivity index is 1.42. The monoisotopic (exact) mass is 446 g/mol. The Morgan fingerprint density at radius 3 is 2.58 bits per heavy atom. The van der Waals surface area contributed by atoms with Gasteiger partial charge in [-0.1, -0.05) is 29.4 Å². The topological polar surface area (TPSA) is 101 Å². The van der Waals surface area contributed by atoms with Gasteiger partial charge in [0.1, 0.15) is 5.01 Å². The van der Waals surface area contributed by atoms with Crippen LogP contribution in [-0.2, 0) is 17.4 Å². The highest BCUT2D eigenvalue weighted by atomic mass is 32.1. The normalized spacial score (nSPS) is 11.5. The number of nitrogens with zero attached hydrogens (tertiary/aromatic N) is 2. The molecular weight excluding hydrogens is 433 g/mol. The molecule has 0 atom stereocenters. The number of H-pyrrole nitrogens is 1. The maximum absolute atomic E-state index is 12.7. The van der Waals surface area contributed by atoms with Crippen molar-refractivity contribution in [1.82, 2.24) is 15.1 Å². The molecule has 0 aliphatic heterocycles. The predicted octanol–water partition coefficient (Wildman–Crippen LogP) is 4.35. The second kappa shape index (κ2) is 8.19. The van der Waals surface area contributed by atoms with E-state index in [0.717, 1.165) is 12.1 Å². The summed E-state index contributed by atoms with van der Waals surface area (Å²) in [4.78, 5) is 30.2. The first-order valence-electron chi connectivity index (χ1n) is 8.86. The highest BCUT2D eigenvalue weighted by Gasteiger charge is 2.30. The Morgan fingerprint density at radius 1 is 1.13 bits per heavy atom. The largest absolute Gasteiger partial charge is 0.439 e. The maximum Gasteiger partial charge on any atom is 0.439 e. The number of halogens is 3. The van der Waals surface area contributed by atoms with Crippen LogP contribution < -0.4 is 11.1 Å². The van der Waals surface area contributed by atoms with Crippen LogP contribution >= 0.6 is 11.3 Å². The van der Waals surface area contributed by atoms with E-state index in [1.165, 1.54) is 23.5 Å². The molecule has 11 heteroatoms. The zero-order valence-electron chi connectivity index (χ0n) is 15.6. The number of hydrogen-bond donors (Lipinski definition) is 2. The molecule has 0 unspecified atom stereocenters. The summed E-state index contributed by atoms with van der Waals surface area (Å²) >= 11 is 1.24. The summed E-state index contributed by atoms with van der Waals surface area (Å²) < 4.78 is 42.5. The van der Waals surface area contributed by atoms with Gasteiger partial charge in [0, 0.05) is 22.2 Å². The summed E-state index contributed by atoms with van der Waals surface area (Å²) in [7, 11) is 0. The quantitative estimate of drug-likeness (QED) is 0.475. The molecule has 0 saturated carbocycles. The number of carbonyl (C=O) groups is 1. The van der Waals surface area contributed by atoms with Crippen LogP contribution in [0.4, 0.5) is 18.9 Å². The van der Waals surface area contributed by atoms with Crippen molar-refractivity contribution in [3.8, 4) is 22.0 Å². The predicted molar refractivity (Wildman–Crippen MR) is 107 cm³/mol. The van der Waals surface area contributed by atoms with Gasteiger partial charge in [0.15, 0.2) is 5.82 Å². The number of anilines is 1. The van der Waals surface area contributed by atoms with Crippen molar-refractivity contribution < 1.29 is 22.5 Å². The van der Waals surface area contributed by atoms with Crippen LogP contribution in [0.5, 0.6) is 0 Å². The number of rotatable bonds is 5. The van der Waals surface area contributed by atoms with Crippen molar-refractivity contribution in [2.75, 3.05) is 5.32 Å². The van der Waals surface area contributed by atoms with E-state index in [9.17, 15) is 22.8 Å². The van der Waals surface area contributed by atoms with Gasteiger partial charge >= 0.3 is 11.9 Å². The number of aromatic nitrogens is 3. The van der Waals surface area contributed by atoms with Crippen molar-refractivity contribution in [2.45, 2.75) is 12.6 Å². The molecule has 2 aromatic heterocycles. The van der Waals surface area contributed by atoms with Crippen molar-refractivity contribution in [1.29, 1.82) is 0 Å². The third-order valence-corrected chi connectivity index (χ3v) is 5.15. The van der Waals surface area contributed by atoms with Gasteiger partial charge in [-0.3, -0.25) is 14.3 Å². The smallest absolute Gasteiger partial charge is 0.326 e. The fourth-order valence-corrected chi connectivity index (χ4v) is 3.62. The van der Waals surface area contributed by atoms with Gasteiger partial charge in [-0.15, -0.1) is 11.3 Å². The molecule has 0 fully saturated rings. The number of aromatic amines is 1. The zero-order valence-corrected chi connectivity index (χ0v) is 16.4. The lowest BCUT2D eigenvalue weighted by atomic mass is 10.1. The number of hydrogen-bond acceptors (Lipinski definition) is 6. The number of amides is 1. The Bertz CT molecular complexity index is 1280. The summed E-state index contributed by atoms with van der Waals surface area (Å²) in [6.45, 7) is 0. The highest BCUT2D eigenvalue weighted by Crippen LogP contribution is 2.31. The zero-order chi connectivity index (χ0) is 22.0. The van der Waals surface area contributed by atoms with Crippen molar-refractivity contribution in [2.24, 2.45) is 0 Å². The van der Waals surface area contributed by atoms with Gasteiger partial charge in [-0.2, -0.15) is 13.2 Å². The van der Waals surface area contributed by atoms with E-state index in [1.807, 2.05) is 0 Å². The molecule has 7 nitrogen and oxygen atoms in total. The summed E-state index contributed by atoms with van der Waals surface area (Å²) in [5.74, 6) is -0.770. The molecule has 2 aromatic carbocycles. The second-order valence-electron chi connectivity index (χ2n) is 6.47. The van der Waals surface area contributed by atoms with Crippen LogP contribution in [0.3, 0.4) is 0 Å². The summed E-state index contributed by atoms with van der Waals surface area (Å²) in [6.07, 6.45) is -4.41. The van der Waals surface area contributed by atoms with E-state index in [-0.39, 0.29) is 18.2 Å². The number of thiazole rings is 1. The molecule has 0 radical (unpaired) electrons. The van der Waals surface area contributed by atoms with E-state index >= 15 is 0 Å². The van der Waals surface area contributed by atoms with Crippen molar-refractivity contribution >= 4 is 22.9 Å². The average Bonchev–Trinajstić information content (AvgIpc) is 3.37. The van der Waals surface area contributed by atoms with Gasteiger partial charge in [0.05, 0.1) is 17.7 Å². The minimum atomic E-state index is -4.40. The first-order chi connectivity index (χ1) is 14.8. The number of alkyl halides is 3. The van der Waals surface area contributed by atoms with E-state index in [4.69, 9.17) is 0 Å². The summed E-state index contributed by atoms with van der Waals surface area (Å²) in [6, 6.07) is 11.4. The molecule has 0 spiro atoms. The average molecular weight is 446 g/mol. The lowest BCUT2D eigenvalue weighted by molar-refractivity contribution is -0.137. The summed E-state index contributed by atoms with van der Waals surface area (Å²) in [5, 5.41) is 8.53. The van der Waals surface area contributed by atoms with E-state index in [2.05, 4.69) is 25.0 Å². The molecule has 2 heterocycles. The Kier molecular flexibility index (Phi) is 5.42. The number of benzene rings is 2. The molecule has 31 heavy (non-hydrogen) atoms.